The summed E-state index contributed by atoms with van der Waals surface area (Å²) in [5.41, 5.74) is 2.72. The molecule has 0 aliphatic heterocycles. The minimum absolute atomic E-state index is 0.227. The van der Waals surface area contributed by atoms with Crippen molar-refractivity contribution in [2.75, 3.05) is 0 Å². The summed E-state index contributed by atoms with van der Waals surface area (Å²) >= 11 is 0. The summed E-state index contributed by atoms with van der Waals surface area (Å²) in [4.78, 5) is 12.3. The molecule has 9 nitrogen and oxygen atoms in total. The van der Waals surface area contributed by atoms with Gasteiger partial charge in [-0.1, -0.05) is 6.07 Å². The molecule has 0 saturated carbocycles. The quantitative estimate of drug-likeness (QED) is 0.360. The number of rotatable bonds is 7. The highest BCUT2D eigenvalue weighted by Gasteiger charge is 2.19. The molecule has 3 rings (SSSR count). The molecule has 0 aliphatic rings. The average molecular weight is 416 g/mol. The van der Waals surface area contributed by atoms with Gasteiger partial charge in [-0.15, -0.1) is 0 Å². The van der Waals surface area contributed by atoms with Crippen LogP contribution in [0.3, 0.4) is 0 Å². The van der Waals surface area contributed by atoms with Crippen molar-refractivity contribution in [2.45, 2.75) is 32.2 Å². The summed E-state index contributed by atoms with van der Waals surface area (Å²) in [6.07, 6.45) is 3.01. The SMILES string of the molecule is Cc1ccc(S(=O)(=O)N/N=C\c2cc(C)n(Cc3ccco3)c2C)cc1[N+](=O)[O-]. The lowest BCUT2D eigenvalue weighted by Crippen LogP contribution is -2.18. The second kappa shape index (κ2) is 7.92. The number of benzene rings is 1. The first-order valence-corrected chi connectivity index (χ1v) is 10.2. The van der Waals surface area contributed by atoms with E-state index in [-0.39, 0.29) is 10.6 Å². The topological polar surface area (TPSA) is 120 Å². The van der Waals surface area contributed by atoms with Crippen molar-refractivity contribution in [3.63, 3.8) is 0 Å². The molecule has 1 aromatic carbocycles. The molecule has 0 aliphatic carbocycles. The Labute approximate surface area is 167 Å². The molecule has 2 aromatic heterocycles. The van der Waals surface area contributed by atoms with Gasteiger partial charge in [-0.2, -0.15) is 13.5 Å². The van der Waals surface area contributed by atoms with Crippen molar-refractivity contribution in [1.29, 1.82) is 0 Å². The second-order valence-electron chi connectivity index (χ2n) is 6.55. The van der Waals surface area contributed by atoms with Crippen LogP contribution < -0.4 is 4.83 Å². The maximum absolute atomic E-state index is 12.4. The zero-order chi connectivity index (χ0) is 21.2. The number of nitro groups is 1. The van der Waals surface area contributed by atoms with Gasteiger partial charge in [0, 0.05) is 28.6 Å². The molecule has 2 heterocycles. The van der Waals surface area contributed by atoms with E-state index >= 15 is 0 Å². The van der Waals surface area contributed by atoms with Gasteiger partial charge >= 0.3 is 0 Å². The Hall–Kier alpha value is -3.40. The number of hydrazone groups is 1. The first-order chi connectivity index (χ1) is 13.7. The van der Waals surface area contributed by atoms with Crippen molar-refractivity contribution < 1.29 is 17.8 Å². The normalized spacial score (nSPS) is 11.8. The number of aromatic nitrogens is 1. The van der Waals surface area contributed by atoms with E-state index in [2.05, 4.69) is 9.93 Å². The highest BCUT2D eigenvalue weighted by molar-refractivity contribution is 7.89. The van der Waals surface area contributed by atoms with E-state index in [0.717, 1.165) is 28.8 Å². The predicted octanol–water partition coefficient (Wildman–Crippen LogP) is 3.28. The Kier molecular flexibility index (Phi) is 5.55. The van der Waals surface area contributed by atoms with E-state index < -0.39 is 14.9 Å². The lowest BCUT2D eigenvalue weighted by Gasteiger charge is -2.07. The van der Waals surface area contributed by atoms with Gasteiger partial charge < -0.3 is 8.98 Å². The van der Waals surface area contributed by atoms with Crippen LogP contribution in [0, 0.1) is 30.9 Å². The van der Waals surface area contributed by atoms with Gasteiger partial charge in [-0.3, -0.25) is 10.1 Å². The van der Waals surface area contributed by atoms with Gasteiger partial charge in [0.15, 0.2) is 0 Å². The van der Waals surface area contributed by atoms with Crippen LogP contribution in [0.2, 0.25) is 0 Å². The van der Waals surface area contributed by atoms with Crippen LogP contribution >= 0.6 is 0 Å². The summed E-state index contributed by atoms with van der Waals surface area (Å²) in [5, 5.41) is 14.9. The molecule has 0 atom stereocenters. The summed E-state index contributed by atoms with van der Waals surface area (Å²) in [6.45, 7) is 5.92. The minimum atomic E-state index is -4.03. The van der Waals surface area contributed by atoms with Crippen molar-refractivity contribution in [2.24, 2.45) is 5.10 Å². The molecule has 0 fully saturated rings. The molecular weight excluding hydrogens is 396 g/mol. The maximum atomic E-state index is 12.4. The van der Waals surface area contributed by atoms with Crippen molar-refractivity contribution in [3.05, 3.63) is 81.1 Å². The molecule has 152 valence electrons. The average Bonchev–Trinajstić information content (AvgIpc) is 3.26. The standard InChI is InChI=1S/C19H20N4O5S/c1-13-6-7-18(10-19(13)23(24)25)29(26,27)21-20-11-16-9-14(2)22(15(16)3)12-17-5-4-8-28-17/h4-11,21H,12H2,1-3H3/b20-11-. The first-order valence-electron chi connectivity index (χ1n) is 8.68. The van der Waals surface area contributed by atoms with Gasteiger partial charge in [0.05, 0.1) is 28.8 Å². The third-order valence-electron chi connectivity index (χ3n) is 4.57. The molecule has 0 amide bonds. The van der Waals surface area contributed by atoms with Crippen LogP contribution in [0.5, 0.6) is 0 Å². The largest absolute Gasteiger partial charge is 0.467 e. The minimum Gasteiger partial charge on any atom is -0.467 e. The van der Waals surface area contributed by atoms with Crippen LogP contribution in [0.4, 0.5) is 5.69 Å². The Morgan fingerprint density at radius 2 is 2.00 bits per heavy atom. The summed E-state index contributed by atoms with van der Waals surface area (Å²) in [6, 6.07) is 9.28. The van der Waals surface area contributed by atoms with E-state index in [4.69, 9.17) is 4.42 Å². The second-order valence-corrected chi connectivity index (χ2v) is 8.21. The smallest absolute Gasteiger partial charge is 0.276 e. The highest BCUT2D eigenvalue weighted by Crippen LogP contribution is 2.22. The molecule has 3 aromatic rings. The van der Waals surface area contributed by atoms with Crippen LogP contribution in [-0.2, 0) is 16.6 Å². The number of hydrogen-bond acceptors (Lipinski definition) is 6. The molecule has 0 unspecified atom stereocenters. The number of aryl methyl sites for hydroxylation is 2. The van der Waals surface area contributed by atoms with E-state index in [1.165, 1.54) is 18.3 Å². The fourth-order valence-corrected chi connectivity index (χ4v) is 3.74. The number of nitro benzene ring substituents is 1. The van der Waals surface area contributed by atoms with Crippen LogP contribution in [0.25, 0.3) is 0 Å². The number of nitrogens with one attached hydrogen (secondary N) is 1. The Morgan fingerprint density at radius 3 is 2.66 bits per heavy atom. The van der Waals surface area contributed by atoms with Gasteiger partial charge in [0.25, 0.3) is 15.7 Å². The summed E-state index contributed by atoms with van der Waals surface area (Å²) < 4.78 is 32.2. The molecule has 1 N–H and O–H groups in total. The Balaban J connectivity index is 1.79. The zero-order valence-corrected chi connectivity index (χ0v) is 16.9. The molecule has 0 saturated heterocycles. The third kappa shape index (κ3) is 4.37. The van der Waals surface area contributed by atoms with Crippen LogP contribution in [0.1, 0.15) is 28.3 Å². The van der Waals surface area contributed by atoms with Gasteiger partial charge in [-0.05, 0) is 45.0 Å². The first kappa shape index (κ1) is 20.3. The van der Waals surface area contributed by atoms with Gasteiger partial charge in [0.2, 0.25) is 0 Å². The summed E-state index contributed by atoms with van der Waals surface area (Å²) in [5.74, 6) is 0.803. The van der Waals surface area contributed by atoms with Gasteiger partial charge in [0.1, 0.15) is 5.76 Å². The van der Waals surface area contributed by atoms with Crippen LogP contribution in [-0.4, -0.2) is 24.1 Å². The van der Waals surface area contributed by atoms with E-state index in [1.54, 1.807) is 13.2 Å². The van der Waals surface area contributed by atoms with Crippen LogP contribution in [0.15, 0.2) is 57.1 Å². The maximum Gasteiger partial charge on any atom is 0.276 e. The van der Waals surface area contributed by atoms with E-state index in [1.807, 2.05) is 36.6 Å². The molecular formula is C19H20N4O5S. The molecule has 0 bridgehead atoms. The zero-order valence-electron chi connectivity index (χ0n) is 16.1. The summed E-state index contributed by atoms with van der Waals surface area (Å²) in [7, 11) is -4.03. The fourth-order valence-electron chi connectivity index (χ4n) is 2.93. The lowest BCUT2D eigenvalue weighted by atomic mass is 10.2. The predicted molar refractivity (Wildman–Crippen MR) is 107 cm³/mol. The lowest BCUT2D eigenvalue weighted by molar-refractivity contribution is -0.385. The number of nitrogens with zero attached hydrogens (tertiary/aromatic N) is 3. The molecule has 0 radical (unpaired) electrons. The monoisotopic (exact) mass is 416 g/mol. The molecule has 29 heavy (non-hydrogen) atoms. The number of hydrogen-bond donors (Lipinski definition) is 1. The Bertz CT molecular complexity index is 1180. The fraction of sp³-hybridized carbons (Fsp3) is 0.211. The van der Waals surface area contributed by atoms with Crippen molar-refractivity contribution in [1.82, 2.24) is 9.40 Å². The molecule has 10 heteroatoms. The van der Waals surface area contributed by atoms with Crippen molar-refractivity contribution in [3.8, 4) is 0 Å². The van der Waals surface area contributed by atoms with Gasteiger partial charge in [-0.25, -0.2) is 4.83 Å². The number of sulfonamides is 1. The van der Waals surface area contributed by atoms with E-state index in [9.17, 15) is 18.5 Å². The third-order valence-corrected chi connectivity index (χ3v) is 5.79. The van der Waals surface area contributed by atoms with Crippen molar-refractivity contribution >= 4 is 21.9 Å². The molecule has 0 spiro atoms. The highest BCUT2D eigenvalue weighted by atomic mass is 32.2. The Morgan fingerprint density at radius 1 is 1.24 bits per heavy atom. The number of furan rings is 1. The van der Waals surface area contributed by atoms with E-state index in [0.29, 0.717) is 12.1 Å².